The largest absolute Gasteiger partial charge is 0.351 e. The van der Waals surface area contributed by atoms with E-state index in [2.05, 4.69) is 15.6 Å². The number of carbonyl (C=O) groups excluding carboxylic acids is 1. The van der Waals surface area contributed by atoms with Crippen LogP contribution in [0.25, 0.3) is 0 Å². The van der Waals surface area contributed by atoms with Crippen molar-refractivity contribution in [3.63, 3.8) is 0 Å². The molecule has 1 aromatic carbocycles. The maximum Gasteiger partial charge on any atom is 0.273 e. The van der Waals surface area contributed by atoms with Crippen LogP contribution in [0.2, 0.25) is 10.0 Å². The van der Waals surface area contributed by atoms with E-state index in [1.165, 1.54) is 23.0 Å². The van der Waals surface area contributed by atoms with Crippen molar-refractivity contribution in [1.29, 1.82) is 0 Å². The molecule has 0 aliphatic carbocycles. The van der Waals surface area contributed by atoms with E-state index in [-0.39, 0.29) is 15.7 Å². The summed E-state index contributed by atoms with van der Waals surface area (Å²) >= 11 is 11.8. The molecular formula is C17H21Cl2FN4O3. The Morgan fingerprint density at radius 1 is 1.26 bits per heavy atom. The second-order valence-corrected chi connectivity index (χ2v) is 6.46. The van der Waals surface area contributed by atoms with E-state index in [0.29, 0.717) is 25.3 Å². The topological polar surface area (TPSA) is 78.3 Å². The Bertz CT molecular complexity index is 782. The van der Waals surface area contributed by atoms with Gasteiger partial charge in [0.2, 0.25) is 0 Å². The number of carbonyl (C=O) groups is 1. The second-order valence-electron chi connectivity index (χ2n) is 5.65. The third-order valence-electron chi connectivity index (χ3n) is 3.67. The molecule has 0 fully saturated rings. The van der Waals surface area contributed by atoms with Crippen molar-refractivity contribution >= 4 is 29.1 Å². The van der Waals surface area contributed by atoms with Gasteiger partial charge in [-0.05, 0) is 38.5 Å². The van der Waals surface area contributed by atoms with Crippen LogP contribution in [0.1, 0.15) is 42.9 Å². The van der Waals surface area contributed by atoms with Gasteiger partial charge in [-0.3, -0.25) is 4.79 Å². The molecule has 0 saturated carbocycles. The van der Waals surface area contributed by atoms with E-state index in [9.17, 15) is 9.18 Å². The minimum Gasteiger partial charge on any atom is -0.351 e. The van der Waals surface area contributed by atoms with Crippen molar-refractivity contribution < 1.29 is 18.7 Å². The van der Waals surface area contributed by atoms with Crippen LogP contribution in [0.3, 0.4) is 0 Å². The number of rotatable bonds is 9. The minimum absolute atomic E-state index is 0.0802. The Morgan fingerprint density at radius 3 is 2.56 bits per heavy atom. The zero-order valence-electron chi connectivity index (χ0n) is 15.2. The van der Waals surface area contributed by atoms with Crippen LogP contribution in [-0.4, -0.2) is 40.4 Å². The van der Waals surface area contributed by atoms with Gasteiger partial charge in [0.25, 0.3) is 5.91 Å². The van der Waals surface area contributed by atoms with Crippen LogP contribution in [0.5, 0.6) is 0 Å². The molecule has 0 saturated heterocycles. The quantitative estimate of drug-likeness (QED) is 0.496. The summed E-state index contributed by atoms with van der Waals surface area (Å²) in [5.74, 6) is -1.08. The minimum atomic E-state index is -0.610. The van der Waals surface area contributed by atoms with Crippen LogP contribution in [-0.2, 0) is 16.0 Å². The first kappa shape index (κ1) is 21.6. The van der Waals surface area contributed by atoms with E-state index in [1.807, 2.05) is 13.8 Å². The summed E-state index contributed by atoms with van der Waals surface area (Å²) in [7, 11) is 0. The average Bonchev–Trinajstić information content (AvgIpc) is 3.07. The summed E-state index contributed by atoms with van der Waals surface area (Å²) < 4.78 is 26.0. The third-order valence-corrected chi connectivity index (χ3v) is 4.28. The molecular weight excluding hydrogens is 398 g/mol. The van der Waals surface area contributed by atoms with Crippen molar-refractivity contribution in [2.75, 3.05) is 13.2 Å². The fraction of sp³-hybridized carbons (Fsp3) is 0.471. The molecule has 0 bridgehead atoms. The standard InChI is InChI=1S/C17H21Cl2FN4O3/c1-4-26-16(27-5-2)9-24-8-15(22-23-24)17(25)21-10(3)11-6-14(20)13(19)7-12(11)18/h6-8,10,16H,4-5,9H2,1-3H3,(H,21,25). The maximum absolute atomic E-state index is 13.7. The van der Waals surface area contributed by atoms with Gasteiger partial charge in [-0.15, -0.1) is 5.10 Å². The number of halogens is 3. The Morgan fingerprint density at radius 2 is 1.93 bits per heavy atom. The molecule has 148 valence electrons. The van der Waals surface area contributed by atoms with E-state index in [0.717, 1.165) is 0 Å². The first-order valence-electron chi connectivity index (χ1n) is 8.44. The lowest BCUT2D eigenvalue weighted by molar-refractivity contribution is -0.145. The zero-order chi connectivity index (χ0) is 20.0. The first-order valence-corrected chi connectivity index (χ1v) is 9.19. The number of amides is 1. The number of ether oxygens (including phenoxy) is 2. The second kappa shape index (κ2) is 9.98. The third kappa shape index (κ3) is 5.87. The number of nitrogens with one attached hydrogen (secondary N) is 1. The van der Waals surface area contributed by atoms with Crippen molar-refractivity contribution in [2.45, 2.75) is 39.6 Å². The summed E-state index contributed by atoms with van der Waals surface area (Å²) in [6.07, 6.45) is 1.00. The van der Waals surface area contributed by atoms with E-state index in [4.69, 9.17) is 32.7 Å². The molecule has 1 amide bonds. The Balaban J connectivity index is 2.04. The molecule has 0 spiro atoms. The predicted octanol–water partition coefficient (Wildman–Crippen LogP) is 3.61. The average molecular weight is 419 g/mol. The Labute approximate surface area is 166 Å². The highest BCUT2D eigenvalue weighted by atomic mass is 35.5. The van der Waals surface area contributed by atoms with Crippen LogP contribution in [0.15, 0.2) is 18.3 Å². The summed E-state index contributed by atoms with van der Waals surface area (Å²) in [5.41, 5.74) is 0.520. The number of hydrogen-bond donors (Lipinski definition) is 1. The van der Waals surface area contributed by atoms with Crippen molar-refractivity contribution in [3.8, 4) is 0 Å². The van der Waals surface area contributed by atoms with Gasteiger partial charge in [0.15, 0.2) is 12.0 Å². The first-order chi connectivity index (χ1) is 12.8. The molecule has 0 radical (unpaired) electrons. The number of aromatic nitrogens is 3. The van der Waals surface area contributed by atoms with Crippen molar-refractivity contribution in [3.05, 3.63) is 45.4 Å². The zero-order valence-corrected chi connectivity index (χ0v) is 16.7. The van der Waals surface area contributed by atoms with Gasteiger partial charge in [0, 0.05) is 18.2 Å². The number of benzene rings is 1. The lowest BCUT2D eigenvalue weighted by Gasteiger charge is -2.16. The highest BCUT2D eigenvalue weighted by molar-refractivity contribution is 6.35. The summed E-state index contributed by atoms with van der Waals surface area (Å²) in [6.45, 7) is 6.67. The molecule has 10 heteroatoms. The smallest absolute Gasteiger partial charge is 0.273 e. The molecule has 1 N–H and O–H groups in total. The number of nitrogens with zero attached hydrogens (tertiary/aromatic N) is 3. The van der Waals surface area contributed by atoms with Gasteiger partial charge in [-0.25, -0.2) is 9.07 Å². The maximum atomic E-state index is 13.7. The number of hydrogen-bond acceptors (Lipinski definition) is 5. The molecule has 1 heterocycles. The van der Waals surface area contributed by atoms with Crippen LogP contribution in [0, 0.1) is 5.82 Å². The van der Waals surface area contributed by atoms with E-state index >= 15 is 0 Å². The van der Waals surface area contributed by atoms with E-state index < -0.39 is 24.1 Å². The van der Waals surface area contributed by atoms with E-state index in [1.54, 1.807) is 6.92 Å². The Kier molecular flexibility index (Phi) is 7.97. The Hall–Kier alpha value is -1.74. The van der Waals surface area contributed by atoms with Crippen LogP contribution < -0.4 is 5.32 Å². The fourth-order valence-electron chi connectivity index (χ4n) is 2.39. The van der Waals surface area contributed by atoms with Gasteiger partial charge in [-0.1, -0.05) is 28.4 Å². The molecule has 0 aliphatic heterocycles. The van der Waals surface area contributed by atoms with Crippen molar-refractivity contribution in [2.24, 2.45) is 0 Å². The highest BCUT2D eigenvalue weighted by Crippen LogP contribution is 2.28. The molecule has 1 atom stereocenters. The predicted molar refractivity (Wildman–Crippen MR) is 99.4 cm³/mol. The SMILES string of the molecule is CCOC(Cn1cc(C(=O)NC(C)c2cc(F)c(Cl)cc2Cl)nn1)OCC. The molecule has 7 nitrogen and oxygen atoms in total. The molecule has 1 aromatic heterocycles. The van der Waals surface area contributed by atoms with Crippen LogP contribution >= 0.6 is 23.2 Å². The normalized spacial score (nSPS) is 12.4. The monoisotopic (exact) mass is 418 g/mol. The summed E-state index contributed by atoms with van der Waals surface area (Å²) in [6, 6.07) is 1.94. The molecule has 1 unspecified atom stereocenters. The molecule has 2 rings (SSSR count). The van der Waals surface area contributed by atoms with Gasteiger partial charge in [0.1, 0.15) is 5.82 Å². The summed E-state index contributed by atoms with van der Waals surface area (Å²) in [4.78, 5) is 12.4. The van der Waals surface area contributed by atoms with Gasteiger partial charge >= 0.3 is 0 Å². The van der Waals surface area contributed by atoms with Gasteiger partial charge in [0.05, 0.1) is 23.8 Å². The van der Waals surface area contributed by atoms with Crippen molar-refractivity contribution in [1.82, 2.24) is 20.3 Å². The highest BCUT2D eigenvalue weighted by Gasteiger charge is 2.19. The summed E-state index contributed by atoms with van der Waals surface area (Å²) in [5, 5.41) is 10.6. The van der Waals surface area contributed by atoms with Gasteiger partial charge < -0.3 is 14.8 Å². The fourth-order valence-corrected chi connectivity index (χ4v) is 2.93. The lowest BCUT2D eigenvalue weighted by Crippen LogP contribution is -2.27. The molecule has 27 heavy (non-hydrogen) atoms. The molecule has 0 aliphatic rings. The lowest BCUT2D eigenvalue weighted by atomic mass is 10.1. The van der Waals surface area contributed by atoms with Gasteiger partial charge in [-0.2, -0.15) is 0 Å². The molecule has 2 aromatic rings. The van der Waals surface area contributed by atoms with Crippen LogP contribution in [0.4, 0.5) is 4.39 Å².